The van der Waals surface area contributed by atoms with E-state index in [1.54, 1.807) is 11.3 Å². The molecule has 0 saturated carbocycles. The Balaban J connectivity index is 2.35. The minimum Gasteiger partial charge on any atom is -0.422 e. The standard InChI is InChI=1S/C15H15NO2S/c1-15(2,3)16-13-12-10(8-19-13)9-6-4-5-7-11(9)18-14(12)17/h4-8,16H,1-3H3. The summed E-state index contributed by atoms with van der Waals surface area (Å²) in [5.74, 6) is 0. The summed E-state index contributed by atoms with van der Waals surface area (Å²) >= 11 is 1.55. The van der Waals surface area contributed by atoms with Gasteiger partial charge in [-0.15, -0.1) is 11.3 Å². The van der Waals surface area contributed by atoms with Crippen molar-refractivity contribution < 1.29 is 4.42 Å². The average molecular weight is 273 g/mol. The lowest BCUT2D eigenvalue weighted by Gasteiger charge is -2.20. The molecule has 0 aliphatic rings. The Morgan fingerprint density at radius 3 is 2.63 bits per heavy atom. The second kappa shape index (κ2) is 4.10. The molecular formula is C15H15NO2S. The molecule has 19 heavy (non-hydrogen) atoms. The summed E-state index contributed by atoms with van der Waals surface area (Å²) in [5, 5.41) is 8.86. The van der Waals surface area contributed by atoms with Crippen molar-refractivity contribution in [2.75, 3.05) is 5.32 Å². The van der Waals surface area contributed by atoms with Crippen LogP contribution >= 0.6 is 11.3 Å². The molecule has 0 fully saturated rings. The third-order valence-electron chi connectivity index (χ3n) is 2.86. The molecule has 0 radical (unpaired) electrons. The third-order valence-corrected chi connectivity index (χ3v) is 3.76. The van der Waals surface area contributed by atoms with Crippen molar-refractivity contribution in [1.29, 1.82) is 0 Å². The van der Waals surface area contributed by atoms with Crippen LogP contribution in [0.25, 0.3) is 21.7 Å². The van der Waals surface area contributed by atoms with Crippen molar-refractivity contribution >= 4 is 38.1 Å². The Morgan fingerprint density at radius 1 is 1.16 bits per heavy atom. The molecule has 0 aliphatic heterocycles. The van der Waals surface area contributed by atoms with Crippen LogP contribution in [0.15, 0.2) is 38.9 Å². The lowest BCUT2D eigenvalue weighted by molar-refractivity contribution is 0.569. The summed E-state index contributed by atoms with van der Waals surface area (Å²) in [6.07, 6.45) is 0. The Morgan fingerprint density at radius 2 is 1.89 bits per heavy atom. The predicted octanol–water partition coefficient (Wildman–Crippen LogP) is 4.22. The van der Waals surface area contributed by atoms with Gasteiger partial charge in [0.2, 0.25) is 0 Å². The van der Waals surface area contributed by atoms with E-state index in [2.05, 4.69) is 26.1 Å². The van der Waals surface area contributed by atoms with Gasteiger partial charge in [0.05, 0.1) is 0 Å². The van der Waals surface area contributed by atoms with Crippen LogP contribution in [-0.2, 0) is 0 Å². The van der Waals surface area contributed by atoms with Gasteiger partial charge in [-0.25, -0.2) is 4.79 Å². The highest BCUT2D eigenvalue weighted by molar-refractivity contribution is 7.16. The molecule has 4 heteroatoms. The van der Waals surface area contributed by atoms with Crippen molar-refractivity contribution in [1.82, 2.24) is 0 Å². The summed E-state index contributed by atoms with van der Waals surface area (Å²) in [7, 11) is 0. The molecule has 0 unspecified atom stereocenters. The molecule has 0 bridgehead atoms. The largest absolute Gasteiger partial charge is 0.422 e. The number of rotatable bonds is 1. The maximum atomic E-state index is 12.2. The van der Waals surface area contributed by atoms with Crippen LogP contribution in [0.5, 0.6) is 0 Å². The lowest BCUT2D eigenvalue weighted by atomic mass is 10.1. The van der Waals surface area contributed by atoms with Gasteiger partial charge in [-0.2, -0.15) is 0 Å². The van der Waals surface area contributed by atoms with Gasteiger partial charge >= 0.3 is 5.63 Å². The van der Waals surface area contributed by atoms with Crippen LogP contribution in [0.3, 0.4) is 0 Å². The van der Waals surface area contributed by atoms with Gasteiger partial charge in [-0.3, -0.25) is 0 Å². The van der Waals surface area contributed by atoms with Crippen LogP contribution < -0.4 is 10.9 Å². The van der Waals surface area contributed by atoms with E-state index in [0.29, 0.717) is 11.0 Å². The zero-order valence-corrected chi connectivity index (χ0v) is 11.9. The van der Waals surface area contributed by atoms with Gasteiger partial charge in [-0.1, -0.05) is 18.2 Å². The van der Waals surface area contributed by atoms with E-state index in [1.807, 2.05) is 29.6 Å². The topological polar surface area (TPSA) is 42.2 Å². The average Bonchev–Trinajstić information content (AvgIpc) is 2.72. The van der Waals surface area contributed by atoms with E-state index in [1.165, 1.54) is 0 Å². The smallest absolute Gasteiger partial charge is 0.347 e. The molecular weight excluding hydrogens is 258 g/mol. The first kappa shape index (κ1) is 12.2. The number of fused-ring (bicyclic) bond motifs is 3. The zero-order valence-electron chi connectivity index (χ0n) is 11.1. The predicted molar refractivity (Wildman–Crippen MR) is 81.2 cm³/mol. The molecule has 2 aromatic heterocycles. The van der Waals surface area contributed by atoms with Gasteiger partial charge in [-0.05, 0) is 26.8 Å². The second-order valence-electron chi connectivity index (χ2n) is 5.61. The fraction of sp³-hybridized carbons (Fsp3) is 0.267. The van der Waals surface area contributed by atoms with Gasteiger partial charge in [0, 0.05) is 21.7 Å². The summed E-state index contributed by atoms with van der Waals surface area (Å²) in [4.78, 5) is 12.2. The first-order chi connectivity index (χ1) is 8.96. The third kappa shape index (κ3) is 2.12. The molecule has 1 N–H and O–H groups in total. The van der Waals surface area contributed by atoms with Gasteiger partial charge in [0.15, 0.2) is 0 Å². The van der Waals surface area contributed by atoms with Crippen LogP contribution in [0.2, 0.25) is 0 Å². The molecule has 0 aliphatic carbocycles. The number of benzene rings is 1. The van der Waals surface area contributed by atoms with Crippen molar-refractivity contribution in [3.63, 3.8) is 0 Å². The highest BCUT2D eigenvalue weighted by Gasteiger charge is 2.17. The van der Waals surface area contributed by atoms with E-state index >= 15 is 0 Å². The van der Waals surface area contributed by atoms with E-state index in [4.69, 9.17) is 4.42 Å². The molecule has 1 aromatic carbocycles. The first-order valence-corrected chi connectivity index (χ1v) is 7.05. The van der Waals surface area contributed by atoms with Crippen molar-refractivity contribution in [3.05, 3.63) is 40.1 Å². The summed E-state index contributed by atoms with van der Waals surface area (Å²) in [5.41, 5.74) is 0.275. The van der Waals surface area contributed by atoms with E-state index in [-0.39, 0.29) is 11.2 Å². The number of anilines is 1. The molecule has 0 atom stereocenters. The Kier molecular flexibility index (Phi) is 2.64. The van der Waals surface area contributed by atoms with E-state index in [0.717, 1.165) is 15.8 Å². The minimum atomic E-state index is -0.276. The Hall–Kier alpha value is -1.81. The number of hydrogen-bond acceptors (Lipinski definition) is 4. The normalized spacial score (nSPS) is 12.2. The fourth-order valence-electron chi connectivity index (χ4n) is 2.12. The maximum absolute atomic E-state index is 12.2. The zero-order chi connectivity index (χ0) is 13.6. The molecule has 98 valence electrons. The first-order valence-electron chi connectivity index (χ1n) is 6.17. The molecule has 3 rings (SSSR count). The molecule has 0 amide bonds. The summed E-state index contributed by atoms with van der Waals surface area (Å²) in [6.45, 7) is 6.21. The SMILES string of the molecule is CC(C)(C)Nc1scc2c1c(=O)oc1ccccc12. The molecule has 3 nitrogen and oxygen atoms in total. The van der Waals surface area contributed by atoms with Gasteiger partial charge in [0.25, 0.3) is 0 Å². The number of nitrogens with one attached hydrogen (secondary N) is 1. The summed E-state index contributed by atoms with van der Waals surface area (Å²) in [6, 6.07) is 7.63. The molecule has 2 heterocycles. The van der Waals surface area contributed by atoms with Crippen LogP contribution in [0, 0.1) is 0 Å². The number of thiophene rings is 1. The highest BCUT2D eigenvalue weighted by atomic mass is 32.1. The Labute approximate surface area is 114 Å². The number of para-hydroxylation sites is 1. The second-order valence-corrected chi connectivity index (χ2v) is 6.49. The fourth-order valence-corrected chi connectivity index (χ4v) is 3.28. The van der Waals surface area contributed by atoms with Crippen molar-refractivity contribution in [2.24, 2.45) is 0 Å². The molecule has 0 spiro atoms. The van der Waals surface area contributed by atoms with Crippen LogP contribution in [0.4, 0.5) is 5.00 Å². The highest BCUT2D eigenvalue weighted by Crippen LogP contribution is 2.34. The summed E-state index contributed by atoms with van der Waals surface area (Å²) < 4.78 is 5.40. The maximum Gasteiger partial charge on any atom is 0.347 e. The van der Waals surface area contributed by atoms with Crippen LogP contribution in [-0.4, -0.2) is 5.54 Å². The minimum absolute atomic E-state index is 0.0874. The van der Waals surface area contributed by atoms with Gasteiger partial charge < -0.3 is 9.73 Å². The monoisotopic (exact) mass is 273 g/mol. The van der Waals surface area contributed by atoms with Crippen molar-refractivity contribution in [3.8, 4) is 0 Å². The van der Waals surface area contributed by atoms with Crippen molar-refractivity contribution in [2.45, 2.75) is 26.3 Å². The Bertz CT molecular complexity index is 808. The molecule has 0 saturated heterocycles. The van der Waals surface area contributed by atoms with E-state index < -0.39 is 0 Å². The molecule has 3 aromatic rings. The quantitative estimate of drug-likeness (QED) is 0.675. The van der Waals surface area contributed by atoms with Crippen LogP contribution in [0.1, 0.15) is 20.8 Å². The lowest BCUT2D eigenvalue weighted by Crippen LogP contribution is -2.26. The van der Waals surface area contributed by atoms with E-state index in [9.17, 15) is 4.79 Å². The number of hydrogen-bond donors (Lipinski definition) is 1. The van der Waals surface area contributed by atoms with Gasteiger partial charge in [0.1, 0.15) is 16.0 Å².